The maximum absolute atomic E-state index is 11.6. The second-order valence-corrected chi connectivity index (χ2v) is 7.55. The van der Waals surface area contributed by atoms with Gasteiger partial charge in [-0.1, -0.05) is 27.7 Å². The van der Waals surface area contributed by atoms with Crippen molar-refractivity contribution in [3.8, 4) is 0 Å². The van der Waals surface area contributed by atoms with E-state index < -0.39 is 14.9 Å². The largest absolute Gasteiger partial charge is 0.383 e. The third-order valence-electron chi connectivity index (χ3n) is 3.72. The van der Waals surface area contributed by atoms with Gasteiger partial charge in [0.2, 0.25) is 10.0 Å². The van der Waals surface area contributed by atoms with Gasteiger partial charge in [-0.15, -0.1) is 0 Å². The fourth-order valence-electron chi connectivity index (χ4n) is 2.49. The SMILES string of the molecule is CC(C)C(CNc1cc([N+](=O)[O-])ccc1S(N)(=O)=O)C(C)C. The Labute approximate surface area is 131 Å². The molecule has 0 fully saturated rings. The molecule has 124 valence electrons. The van der Waals surface area contributed by atoms with Crippen LogP contribution in [0.5, 0.6) is 0 Å². The molecule has 0 unspecified atom stereocenters. The number of primary sulfonamides is 1. The summed E-state index contributed by atoms with van der Waals surface area (Å²) in [5, 5.41) is 19.1. The molecule has 0 spiro atoms. The van der Waals surface area contributed by atoms with Gasteiger partial charge in [0.15, 0.2) is 0 Å². The smallest absolute Gasteiger partial charge is 0.271 e. The number of hydrogen-bond donors (Lipinski definition) is 2. The van der Waals surface area contributed by atoms with E-state index in [-0.39, 0.29) is 16.3 Å². The van der Waals surface area contributed by atoms with Gasteiger partial charge in [0, 0.05) is 18.7 Å². The minimum Gasteiger partial charge on any atom is -0.383 e. The highest BCUT2D eigenvalue weighted by molar-refractivity contribution is 7.89. The lowest BCUT2D eigenvalue weighted by Crippen LogP contribution is -2.25. The molecule has 22 heavy (non-hydrogen) atoms. The van der Waals surface area contributed by atoms with Crippen molar-refractivity contribution in [1.29, 1.82) is 0 Å². The van der Waals surface area contributed by atoms with Crippen LogP contribution in [-0.4, -0.2) is 19.9 Å². The molecule has 7 nitrogen and oxygen atoms in total. The van der Waals surface area contributed by atoms with Crippen LogP contribution in [0.3, 0.4) is 0 Å². The summed E-state index contributed by atoms with van der Waals surface area (Å²) in [6, 6.07) is 3.50. The molecule has 1 aromatic rings. The van der Waals surface area contributed by atoms with E-state index in [4.69, 9.17) is 5.14 Å². The number of nitro benzene ring substituents is 1. The second-order valence-electron chi connectivity index (χ2n) is 6.02. The molecule has 8 heteroatoms. The topological polar surface area (TPSA) is 115 Å². The number of nitrogens with two attached hydrogens (primary N) is 1. The maximum atomic E-state index is 11.6. The number of anilines is 1. The lowest BCUT2D eigenvalue weighted by Gasteiger charge is -2.26. The second kappa shape index (κ2) is 7.06. The van der Waals surface area contributed by atoms with Crippen molar-refractivity contribution >= 4 is 21.4 Å². The van der Waals surface area contributed by atoms with Gasteiger partial charge < -0.3 is 5.32 Å². The zero-order chi connectivity index (χ0) is 17.1. The predicted molar refractivity (Wildman–Crippen MR) is 86.1 cm³/mol. The van der Waals surface area contributed by atoms with E-state index in [0.29, 0.717) is 24.3 Å². The molecular weight excluding hydrogens is 306 g/mol. The molecule has 1 aromatic carbocycles. The van der Waals surface area contributed by atoms with Crippen molar-refractivity contribution in [2.45, 2.75) is 32.6 Å². The zero-order valence-corrected chi connectivity index (χ0v) is 14.1. The van der Waals surface area contributed by atoms with Gasteiger partial charge >= 0.3 is 0 Å². The highest BCUT2D eigenvalue weighted by atomic mass is 32.2. The summed E-state index contributed by atoms with van der Waals surface area (Å²) in [5.41, 5.74) is -0.0106. The van der Waals surface area contributed by atoms with E-state index in [1.165, 1.54) is 6.07 Å². The lowest BCUT2D eigenvalue weighted by atomic mass is 9.85. The predicted octanol–water partition coefficient (Wildman–Crippen LogP) is 2.58. The molecule has 0 aliphatic rings. The third-order valence-corrected chi connectivity index (χ3v) is 4.69. The average molecular weight is 329 g/mol. The van der Waals surface area contributed by atoms with E-state index in [0.717, 1.165) is 12.1 Å². The summed E-state index contributed by atoms with van der Waals surface area (Å²) in [4.78, 5) is 10.2. The van der Waals surface area contributed by atoms with Crippen molar-refractivity contribution in [3.05, 3.63) is 28.3 Å². The summed E-state index contributed by atoms with van der Waals surface area (Å²) in [6.45, 7) is 8.85. The van der Waals surface area contributed by atoms with Crippen LogP contribution in [-0.2, 0) is 10.0 Å². The number of sulfonamides is 1. The first kappa shape index (κ1) is 18.4. The maximum Gasteiger partial charge on any atom is 0.271 e. The molecule has 0 bridgehead atoms. The van der Waals surface area contributed by atoms with Gasteiger partial charge in [-0.25, -0.2) is 13.6 Å². The Bertz CT molecular complexity index is 633. The Morgan fingerprint density at radius 2 is 1.77 bits per heavy atom. The van der Waals surface area contributed by atoms with E-state index >= 15 is 0 Å². The third kappa shape index (κ3) is 4.67. The Hall–Kier alpha value is -1.67. The standard InChI is InChI=1S/C14H23N3O4S/c1-9(2)12(10(3)4)8-16-13-7-11(17(18)19)5-6-14(13)22(15,20)21/h5-7,9-10,12,16H,8H2,1-4H3,(H2,15,20,21). The Morgan fingerprint density at radius 3 is 2.18 bits per heavy atom. The van der Waals surface area contributed by atoms with E-state index in [2.05, 4.69) is 33.0 Å². The number of rotatable bonds is 7. The average Bonchev–Trinajstić information content (AvgIpc) is 2.36. The van der Waals surface area contributed by atoms with Crippen molar-refractivity contribution < 1.29 is 13.3 Å². The van der Waals surface area contributed by atoms with Crippen LogP contribution in [0.4, 0.5) is 11.4 Å². The summed E-state index contributed by atoms with van der Waals surface area (Å²) >= 11 is 0. The Morgan fingerprint density at radius 1 is 1.23 bits per heavy atom. The molecule has 0 aliphatic heterocycles. The van der Waals surface area contributed by atoms with Gasteiger partial charge in [-0.3, -0.25) is 10.1 Å². The van der Waals surface area contributed by atoms with Gasteiger partial charge in [-0.05, 0) is 23.8 Å². The van der Waals surface area contributed by atoms with Crippen molar-refractivity contribution in [3.63, 3.8) is 0 Å². The molecule has 3 N–H and O–H groups in total. The van der Waals surface area contributed by atoms with Gasteiger partial charge in [-0.2, -0.15) is 0 Å². The molecule has 0 heterocycles. The van der Waals surface area contributed by atoms with Crippen LogP contribution in [0.1, 0.15) is 27.7 Å². The Kier molecular flexibility index (Phi) is 5.90. The molecule has 0 saturated heterocycles. The highest BCUT2D eigenvalue weighted by Gasteiger charge is 2.21. The van der Waals surface area contributed by atoms with E-state index in [1.807, 2.05) is 0 Å². The van der Waals surface area contributed by atoms with Gasteiger partial charge in [0.1, 0.15) is 4.90 Å². The summed E-state index contributed by atoms with van der Waals surface area (Å²) in [7, 11) is -3.95. The molecule has 0 aromatic heterocycles. The van der Waals surface area contributed by atoms with Gasteiger partial charge in [0.25, 0.3) is 5.69 Å². The zero-order valence-electron chi connectivity index (χ0n) is 13.2. The first-order valence-electron chi connectivity index (χ1n) is 7.09. The number of non-ortho nitro benzene ring substituents is 1. The molecular formula is C14H23N3O4S. The first-order valence-corrected chi connectivity index (χ1v) is 8.63. The van der Waals surface area contributed by atoms with Crippen molar-refractivity contribution in [2.75, 3.05) is 11.9 Å². The van der Waals surface area contributed by atoms with Crippen LogP contribution >= 0.6 is 0 Å². The number of nitrogens with one attached hydrogen (secondary N) is 1. The summed E-state index contributed by atoms with van der Waals surface area (Å²) in [6.07, 6.45) is 0. The fourth-order valence-corrected chi connectivity index (χ4v) is 3.18. The van der Waals surface area contributed by atoms with Crippen LogP contribution in [0.2, 0.25) is 0 Å². The summed E-state index contributed by atoms with van der Waals surface area (Å²) < 4.78 is 23.2. The molecule has 0 amide bonds. The molecule has 0 atom stereocenters. The van der Waals surface area contributed by atoms with Crippen LogP contribution in [0.15, 0.2) is 23.1 Å². The number of nitrogens with zero attached hydrogens (tertiary/aromatic N) is 1. The molecule has 0 aliphatic carbocycles. The van der Waals surface area contributed by atoms with E-state index in [1.54, 1.807) is 0 Å². The van der Waals surface area contributed by atoms with Crippen molar-refractivity contribution in [1.82, 2.24) is 0 Å². The van der Waals surface area contributed by atoms with Crippen LogP contribution in [0.25, 0.3) is 0 Å². The monoisotopic (exact) mass is 329 g/mol. The Balaban J connectivity index is 3.15. The van der Waals surface area contributed by atoms with Crippen LogP contribution in [0, 0.1) is 27.9 Å². The highest BCUT2D eigenvalue weighted by Crippen LogP contribution is 2.27. The summed E-state index contributed by atoms with van der Waals surface area (Å²) in [5.74, 6) is 1.08. The number of hydrogen-bond acceptors (Lipinski definition) is 5. The number of benzene rings is 1. The quantitative estimate of drug-likeness (QED) is 0.589. The van der Waals surface area contributed by atoms with Crippen molar-refractivity contribution in [2.24, 2.45) is 22.9 Å². The number of nitro groups is 1. The minimum atomic E-state index is -3.95. The minimum absolute atomic E-state index is 0.135. The lowest BCUT2D eigenvalue weighted by molar-refractivity contribution is -0.384. The van der Waals surface area contributed by atoms with Gasteiger partial charge in [0.05, 0.1) is 10.6 Å². The first-order chi connectivity index (χ1) is 10.0. The van der Waals surface area contributed by atoms with Crippen LogP contribution < -0.4 is 10.5 Å². The molecule has 1 rings (SSSR count). The molecule has 0 radical (unpaired) electrons. The normalized spacial score (nSPS) is 12.2. The fraction of sp³-hybridized carbons (Fsp3) is 0.571. The molecule has 0 saturated carbocycles. The van der Waals surface area contributed by atoms with E-state index in [9.17, 15) is 18.5 Å².